The van der Waals surface area contributed by atoms with Crippen LogP contribution in [0.25, 0.3) is 5.57 Å². The minimum Gasteiger partial charge on any atom is -0.358 e. The molecule has 1 aromatic carbocycles. The van der Waals surface area contributed by atoms with Gasteiger partial charge in [-0.15, -0.1) is 0 Å². The SMILES string of the molecule is CNC(=O)CNC(=O)N1CC=C(c2ccc(F)cc2)CC1. The van der Waals surface area contributed by atoms with Crippen LogP contribution in [-0.2, 0) is 4.79 Å². The second kappa shape index (κ2) is 6.88. The van der Waals surface area contributed by atoms with E-state index in [2.05, 4.69) is 10.6 Å². The summed E-state index contributed by atoms with van der Waals surface area (Å²) >= 11 is 0. The number of rotatable bonds is 3. The molecule has 6 heteroatoms. The summed E-state index contributed by atoms with van der Waals surface area (Å²) < 4.78 is 12.9. The highest BCUT2D eigenvalue weighted by atomic mass is 19.1. The lowest BCUT2D eigenvalue weighted by Gasteiger charge is -2.26. The van der Waals surface area contributed by atoms with E-state index >= 15 is 0 Å². The molecule has 1 aliphatic heterocycles. The molecule has 0 bridgehead atoms. The van der Waals surface area contributed by atoms with Crippen molar-refractivity contribution in [3.8, 4) is 0 Å². The molecule has 5 nitrogen and oxygen atoms in total. The van der Waals surface area contributed by atoms with Crippen LogP contribution >= 0.6 is 0 Å². The maximum absolute atomic E-state index is 12.9. The number of nitrogens with one attached hydrogen (secondary N) is 2. The predicted octanol–water partition coefficient (Wildman–Crippen LogP) is 1.37. The van der Waals surface area contributed by atoms with Crippen LogP contribution in [0.2, 0.25) is 0 Å². The molecule has 21 heavy (non-hydrogen) atoms. The van der Waals surface area contributed by atoms with Crippen LogP contribution in [0.1, 0.15) is 12.0 Å². The Kier molecular flexibility index (Phi) is 4.92. The monoisotopic (exact) mass is 291 g/mol. The number of hydrogen-bond donors (Lipinski definition) is 2. The van der Waals surface area contributed by atoms with E-state index in [-0.39, 0.29) is 24.3 Å². The van der Waals surface area contributed by atoms with E-state index in [0.29, 0.717) is 19.5 Å². The van der Waals surface area contributed by atoms with Crippen LogP contribution in [0, 0.1) is 5.82 Å². The van der Waals surface area contributed by atoms with Crippen LogP contribution in [0.4, 0.5) is 9.18 Å². The van der Waals surface area contributed by atoms with Gasteiger partial charge in [0, 0.05) is 20.1 Å². The van der Waals surface area contributed by atoms with Gasteiger partial charge >= 0.3 is 6.03 Å². The molecule has 1 aliphatic rings. The van der Waals surface area contributed by atoms with Gasteiger partial charge in [-0.25, -0.2) is 9.18 Å². The fourth-order valence-electron chi connectivity index (χ4n) is 2.14. The molecule has 0 unspecified atom stereocenters. The number of nitrogens with zero attached hydrogens (tertiary/aromatic N) is 1. The molecule has 0 saturated heterocycles. The minimum absolute atomic E-state index is 0.0274. The molecule has 3 amide bonds. The first-order valence-electron chi connectivity index (χ1n) is 6.78. The zero-order valence-corrected chi connectivity index (χ0v) is 11.9. The summed E-state index contributed by atoms with van der Waals surface area (Å²) in [7, 11) is 1.52. The molecule has 0 aliphatic carbocycles. The van der Waals surface area contributed by atoms with Gasteiger partial charge in [-0.1, -0.05) is 18.2 Å². The number of amides is 3. The largest absolute Gasteiger partial charge is 0.358 e. The summed E-state index contributed by atoms with van der Waals surface area (Å²) in [6.07, 6.45) is 2.66. The normalized spacial score (nSPS) is 14.4. The van der Waals surface area contributed by atoms with Gasteiger partial charge in [0.05, 0.1) is 6.54 Å². The van der Waals surface area contributed by atoms with Crippen LogP contribution in [0.15, 0.2) is 30.3 Å². The Morgan fingerprint density at radius 1 is 1.29 bits per heavy atom. The number of carbonyl (C=O) groups is 2. The quantitative estimate of drug-likeness (QED) is 0.883. The van der Waals surface area contributed by atoms with Gasteiger partial charge in [0.1, 0.15) is 5.82 Å². The highest BCUT2D eigenvalue weighted by molar-refractivity contribution is 5.84. The zero-order valence-electron chi connectivity index (χ0n) is 11.9. The topological polar surface area (TPSA) is 61.4 Å². The first-order chi connectivity index (χ1) is 10.1. The molecule has 1 heterocycles. The molecule has 0 atom stereocenters. The summed E-state index contributed by atoms with van der Waals surface area (Å²) in [4.78, 5) is 24.6. The molecule has 1 aromatic rings. The van der Waals surface area contributed by atoms with Crippen molar-refractivity contribution in [2.45, 2.75) is 6.42 Å². The van der Waals surface area contributed by atoms with Crippen LogP contribution < -0.4 is 10.6 Å². The van der Waals surface area contributed by atoms with Crippen molar-refractivity contribution in [2.75, 3.05) is 26.7 Å². The summed E-state index contributed by atoms with van der Waals surface area (Å²) in [5.41, 5.74) is 2.08. The lowest BCUT2D eigenvalue weighted by atomic mass is 10.00. The first kappa shape index (κ1) is 15.0. The van der Waals surface area contributed by atoms with Crippen molar-refractivity contribution in [3.63, 3.8) is 0 Å². The molecule has 2 N–H and O–H groups in total. The van der Waals surface area contributed by atoms with E-state index < -0.39 is 0 Å². The van der Waals surface area contributed by atoms with Crippen molar-refractivity contribution in [1.82, 2.24) is 15.5 Å². The number of urea groups is 1. The molecule has 0 aromatic heterocycles. The lowest BCUT2D eigenvalue weighted by Crippen LogP contribution is -2.45. The summed E-state index contributed by atoms with van der Waals surface area (Å²) in [5, 5.41) is 5.00. The second-order valence-corrected chi connectivity index (χ2v) is 4.76. The maximum atomic E-state index is 12.9. The van der Waals surface area contributed by atoms with Crippen molar-refractivity contribution in [3.05, 3.63) is 41.7 Å². The number of halogens is 1. The van der Waals surface area contributed by atoms with Gasteiger partial charge in [0.2, 0.25) is 5.91 Å². The minimum atomic E-state index is -0.259. The fourth-order valence-corrected chi connectivity index (χ4v) is 2.14. The Labute approximate surface area is 122 Å². The number of likely N-dealkylation sites (N-methyl/N-ethyl adjacent to an activating group) is 1. The van der Waals surface area contributed by atoms with E-state index in [1.807, 2.05) is 6.08 Å². The van der Waals surface area contributed by atoms with Crippen LogP contribution in [-0.4, -0.2) is 43.5 Å². The molecular weight excluding hydrogens is 273 g/mol. The third-order valence-corrected chi connectivity index (χ3v) is 3.39. The van der Waals surface area contributed by atoms with Crippen LogP contribution in [0.5, 0.6) is 0 Å². The molecule has 0 radical (unpaired) electrons. The Morgan fingerprint density at radius 3 is 2.57 bits per heavy atom. The zero-order chi connectivity index (χ0) is 15.2. The highest BCUT2D eigenvalue weighted by Crippen LogP contribution is 2.22. The first-order valence-corrected chi connectivity index (χ1v) is 6.78. The molecule has 0 fully saturated rings. The Bertz CT molecular complexity index is 555. The van der Waals surface area contributed by atoms with E-state index in [1.165, 1.54) is 19.2 Å². The van der Waals surface area contributed by atoms with Gasteiger partial charge in [-0.3, -0.25) is 4.79 Å². The van der Waals surface area contributed by atoms with Crippen molar-refractivity contribution in [2.24, 2.45) is 0 Å². The molecule has 0 saturated carbocycles. The van der Waals surface area contributed by atoms with Crippen molar-refractivity contribution >= 4 is 17.5 Å². The Morgan fingerprint density at radius 2 is 2.00 bits per heavy atom. The molecular formula is C15H18FN3O2. The smallest absolute Gasteiger partial charge is 0.318 e. The van der Waals surface area contributed by atoms with Crippen molar-refractivity contribution < 1.29 is 14.0 Å². The molecule has 112 valence electrons. The third-order valence-electron chi connectivity index (χ3n) is 3.39. The van der Waals surface area contributed by atoms with Gasteiger partial charge in [-0.05, 0) is 29.7 Å². The fraction of sp³-hybridized carbons (Fsp3) is 0.333. The molecule has 0 spiro atoms. The van der Waals surface area contributed by atoms with Gasteiger partial charge in [0.25, 0.3) is 0 Å². The summed E-state index contributed by atoms with van der Waals surface area (Å²) in [6, 6.07) is 6.08. The Balaban J connectivity index is 1.90. The molecule has 2 rings (SSSR count). The maximum Gasteiger partial charge on any atom is 0.318 e. The second-order valence-electron chi connectivity index (χ2n) is 4.76. The average Bonchev–Trinajstić information content (AvgIpc) is 2.53. The number of hydrogen-bond acceptors (Lipinski definition) is 2. The standard InChI is InChI=1S/C15H18FN3O2/c1-17-14(20)10-18-15(21)19-8-6-12(7-9-19)11-2-4-13(16)5-3-11/h2-6H,7-10H2,1H3,(H,17,20)(H,18,21). The number of benzene rings is 1. The summed E-state index contributed by atoms with van der Waals surface area (Å²) in [5.74, 6) is -0.492. The van der Waals surface area contributed by atoms with E-state index in [9.17, 15) is 14.0 Å². The van der Waals surface area contributed by atoms with Crippen LogP contribution in [0.3, 0.4) is 0 Å². The van der Waals surface area contributed by atoms with Crippen molar-refractivity contribution in [1.29, 1.82) is 0 Å². The van der Waals surface area contributed by atoms with E-state index in [4.69, 9.17) is 0 Å². The van der Waals surface area contributed by atoms with Gasteiger partial charge in [0.15, 0.2) is 0 Å². The van der Waals surface area contributed by atoms with E-state index in [1.54, 1.807) is 17.0 Å². The highest BCUT2D eigenvalue weighted by Gasteiger charge is 2.18. The third kappa shape index (κ3) is 4.05. The summed E-state index contributed by atoms with van der Waals surface area (Å²) in [6.45, 7) is 1.02. The number of carbonyl (C=O) groups excluding carboxylic acids is 2. The lowest BCUT2D eigenvalue weighted by molar-refractivity contribution is -0.119. The average molecular weight is 291 g/mol. The predicted molar refractivity (Wildman–Crippen MR) is 78.0 cm³/mol. The van der Waals surface area contributed by atoms with Gasteiger partial charge < -0.3 is 15.5 Å². The Hall–Kier alpha value is -2.37. The van der Waals surface area contributed by atoms with Gasteiger partial charge in [-0.2, -0.15) is 0 Å². The van der Waals surface area contributed by atoms with E-state index in [0.717, 1.165) is 11.1 Å².